The number of hydrogen-bond acceptors (Lipinski definition) is 3. The Hall–Kier alpha value is -2.41. The van der Waals surface area contributed by atoms with Gasteiger partial charge in [-0.25, -0.2) is 9.50 Å². The molecule has 0 bridgehead atoms. The highest BCUT2D eigenvalue weighted by Gasteiger charge is 2.33. The van der Waals surface area contributed by atoms with Crippen molar-refractivity contribution in [3.05, 3.63) is 53.3 Å². The van der Waals surface area contributed by atoms with Gasteiger partial charge in [-0.3, -0.25) is 4.79 Å². The predicted molar refractivity (Wildman–Crippen MR) is 78.3 cm³/mol. The van der Waals surface area contributed by atoms with E-state index < -0.39 is 17.0 Å². The van der Waals surface area contributed by atoms with E-state index in [0.717, 1.165) is 6.07 Å². The molecule has 23 heavy (non-hydrogen) atoms. The molecule has 0 fully saturated rings. The molecule has 4 nitrogen and oxygen atoms in total. The van der Waals surface area contributed by atoms with Gasteiger partial charge in [0.2, 0.25) is 0 Å². The van der Waals surface area contributed by atoms with E-state index in [4.69, 9.17) is 11.6 Å². The highest BCUT2D eigenvalue weighted by Crippen LogP contribution is 2.36. The zero-order valence-corrected chi connectivity index (χ0v) is 12.5. The van der Waals surface area contributed by atoms with E-state index in [1.807, 2.05) is 0 Å². The maximum Gasteiger partial charge on any atom is 0.417 e. The van der Waals surface area contributed by atoms with E-state index in [0.29, 0.717) is 5.69 Å². The molecule has 3 aromatic rings. The maximum absolute atomic E-state index is 13.1. The number of alkyl halides is 3. The number of fused-ring (bicyclic) bond motifs is 1. The van der Waals surface area contributed by atoms with Gasteiger partial charge in [-0.2, -0.15) is 18.3 Å². The molecule has 0 N–H and O–H groups in total. The lowest BCUT2D eigenvalue weighted by atomic mass is 10.0. The molecule has 0 saturated heterocycles. The first-order chi connectivity index (χ1) is 10.8. The largest absolute Gasteiger partial charge is 0.417 e. The molecule has 0 amide bonds. The maximum atomic E-state index is 13.1. The minimum absolute atomic E-state index is 0.0747. The van der Waals surface area contributed by atoms with Crippen LogP contribution in [0.25, 0.3) is 16.9 Å². The fourth-order valence-electron chi connectivity index (χ4n) is 2.37. The molecule has 0 spiro atoms. The zero-order valence-electron chi connectivity index (χ0n) is 11.7. The van der Waals surface area contributed by atoms with Gasteiger partial charge in [-0.15, -0.1) is 0 Å². The Labute approximate surface area is 133 Å². The fourth-order valence-corrected chi connectivity index (χ4v) is 2.59. The van der Waals surface area contributed by atoms with Gasteiger partial charge in [-0.1, -0.05) is 18.2 Å². The smallest absolute Gasteiger partial charge is 0.275 e. The minimum atomic E-state index is -4.51. The number of carbonyl (C=O) groups is 1. The van der Waals surface area contributed by atoms with E-state index in [2.05, 4.69) is 10.1 Å². The van der Waals surface area contributed by atoms with Crippen molar-refractivity contribution in [1.29, 1.82) is 0 Å². The predicted octanol–water partition coefficient (Wildman–Crippen LogP) is 4.10. The molecule has 1 aromatic carbocycles. The minimum Gasteiger partial charge on any atom is -0.275 e. The van der Waals surface area contributed by atoms with Gasteiger partial charge in [-0.05, 0) is 30.7 Å². The Morgan fingerprint density at radius 1 is 1.22 bits per heavy atom. The number of aromatic nitrogens is 3. The second kappa shape index (κ2) is 5.34. The molecule has 3 rings (SSSR count). The van der Waals surface area contributed by atoms with Crippen LogP contribution in [0.15, 0.2) is 36.5 Å². The van der Waals surface area contributed by atoms with E-state index in [1.54, 1.807) is 6.92 Å². The first-order valence-corrected chi connectivity index (χ1v) is 6.89. The van der Waals surface area contributed by atoms with Crippen LogP contribution in [-0.4, -0.2) is 19.8 Å². The molecule has 8 heteroatoms. The average molecular weight is 340 g/mol. The highest BCUT2D eigenvalue weighted by molar-refractivity contribution is 6.68. The normalized spacial score (nSPS) is 11.9. The van der Waals surface area contributed by atoms with Crippen molar-refractivity contribution in [3.8, 4) is 11.3 Å². The van der Waals surface area contributed by atoms with Crippen LogP contribution in [0.4, 0.5) is 13.2 Å². The lowest BCUT2D eigenvalue weighted by Gasteiger charge is -2.12. The third-order valence-corrected chi connectivity index (χ3v) is 3.55. The summed E-state index contributed by atoms with van der Waals surface area (Å²) in [5, 5.41) is 3.31. The molecular weight excluding hydrogens is 331 g/mol. The van der Waals surface area contributed by atoms with E-state index >= 15 is 0 Å². The van der Waals surface area contributed by atoms with Gasteiger partial charge in [0.1, 0.15) is 5.56 Å². The average Bonchev–Trinajstić information content (AvgIpc) is 2.81. The quantitative estimate of drug-likeness (QED) is 0.660. The zero-order chi connectivity index (χ0) is 16.8. The van der Waals surface area contributed by atoms with E-state index in [1.165, 1.54) is 35.0 Å². The van der Waals surface area contributed by atoms with Gasteiger partial charge >= 0.3 is 6.18 Å². The summed E-state index contributed by atoms with van der Waals surface area (Å²) in [6.45, 7) is 1.58. The molecular formula is C15H9ClF3N3O. The Bertz CT molecular complexity index is 918. The summed E-state index contributed by atoms with van der Waals surface area (Å²) in [4.78, 5) is 15.7. The van der Waals surface area contributed by atoms with Crippen LogP contribution in [0, 0.1) is 6.92 Å². The monoisotopic (exact) mass is 339 g/mol. The number of rotatable bonds is 2. The fraction of sp³-hybridized carbons (Fsp3) is 0.133. The lowest BCUT2D eigenvalue weighted by molar-refractivity contribution is -0.137. The number of halogens is 4. The molecule has 118 valence electrons. The number of benzene rings is 1. The standard InChI is InChI=1S/C15H9ClF3N3O/c1-8-12(13(16)23)14-20-11(6-7-22(14)21-8)9-4-2-3-5-10(9)15(17,18)19/h2-7H,1H3. The molecule has 2 aromatic heterocycles. The van der Waals surface area contributed by atoms with Crippen molar-refractivity contribution in [2.75, 3.05) is 0 Å². The summed E-state index contributed by atoms with van der Waals surface area (Å²) < 4.78 is 40.7. The van der Waals surface area contributed by atoms with Crippen molar-refractivity contribution in [2.24, 2.45) is 0 Å². The Morgan fingerprint density at radius 3 is 2.57 bits per heavy atom. The van der Waals surface area contributed by atoms with Crippen LogP contribution in [0.5, 0.6) is 0 Å². The Morgan fingerprint density at radius 2 is 1.91 bits per heavy atom. The first-order valence-electron chi connectivity index (χ1n) is 6.51. The van der Waals surface area contributed by atoms with Crippen molar-refractivity contribution in [2.45, 2.75) is 13.1 Å². The van der Waals surface area contributed by atoms with Crippen molar-refractivity contribution >= 4 is 22.5 Å². The molecule has 0 radical (unpaired) electrons. The summed E-state index contributed by atoms with van der Waals surface area (Å²) in [6.07, 6.45) is -3.06. The van der Waals surface area contributed by atoms with Gasteiger partial charge in [0, 0.05) is 11.8 Å². The third-order valence-electron chi connectivity index (χ3n) is 3.37. The van der Waals surface area contributed by atoms with Gasteiger partial charge < -0.3 is 0 Å². The van der Waals surface area contributed by atoms with Crippen LogP contribution in [0.1, 0.15) is 21.6 Å². The van der Waals surface area contributed by atoms with Crippen molar-refractivity contribution < 1.29 is 18.0 Å². The topological polar surface area (TPSA) is 47.3 Å². The Kier molecular flexibility index (Phi) is 3.60. The second-order valence-electron chi connectivity index (χ2n) is 4.86. The lowest BCUT2D eigenvalue weighted by Crippen LogP contribution is -2.07. The van der Waals surface area contributed by atoms with Crippen LogP contribution in [-0.2, 0) is 6.18 Å². The van der Waals surface area contributed by atoms with E-state index in [9.17, 15) is 18.0 Å². The molecule has 0 aliphatic rings. The van der Waals surface area contributed by atoms with Gasteiger partial charge in [0.05, 0.1) is 17.0 Å². The van der Waals surface area contributed by atoms with Gasteiger partial charge in [0.15, 0.2) is 5.65 Å². The molecule has 2 heterocycles. The molecule has 0 aliphatic heterocycles. The van der Waals surface area contributed by atoms with Crippen LogP contribution in [0.2, 0.25) is 0 Å². The van der Waals surface area contributed by atoms with Crippen LogP contribution >= 0.6 is 11.6 Å². The summed E-state index contributed by atoms with van der Waals surface area (Å²) in [7, 11) is 0. The third kappa shape index (κ3) is 2.68. The molecule has 0 saturated carbocycles. The van der Waals surface area contributed by atoms with Gasteiger partial charge in [0.25, 0.3) is 5.24 Å². The SMILES string of the molecule is Cc1nn2ccc(-c3ccccc3C(F)(F)F)nc2c1C(=O)Cl. The Balaban J connectivity index is 2.27. The number of aryl methyl sites for hydroxylation is 1. The highest BCUT2D eigenvalue weighted by atomic mass is 35.5. The van der Waals surface area contributed by atoms with Crippen LogP contribution < -0.4 is 0 Å². The summed E-state index contributed by atoms with van der Waals surface area (Å²) in [5.74, 6) is 0. The summed E-state index contributed by atoms with van der Waals surface area (Å²) >= 11 is 5.52. The van der Waals surface area contributed by atoms with Crippen LogP contribution in [0.3, 0.4) is 0 Å². The van der Waals surface area contributed by atoms with Crippen molar-refractivity contribution in [3.63, 3.8) is 0 Å². The summed E-state index contributed by atoms with van der Waals surface area (Å²) in [6, 6.07) is 6.52. The molecule has 0 aliphatic carbocycles. The number of carbonyl (C=O) groups excluding carboxylic acids is 1. The van der Waals surface area contributed by atoms with E-state index in [-0.39, 0.29) is 22.5 Å². The molecule has 0 atom stereocenters. The van der Waals surface area contributed by atoms with Crippen molar-refractivity contribution in [1.82, 2.24) is 14.6 Å². The first kappa shape index (κ1) is 15.5. The summed E-state index contributed by atoms with van der Waals surface area (Å²) in [5.41, 5.74) is -0.223. The number of nitrogens with zero attached hydrogens (tertiary/aromatic N) is 3. The number of hydrogen-bond donors (Lipinski definition) is 0. The molecule has 0 unspecified atom stereocenters. The second-order valence-corrected chi connectivity index (χ2v) is 5.20.